The first-order valence-corrected chi connectivity index (χ1v) is 7.88. The molecule has 0 saturated heterocycles. The van der Waals surface area contributed by atoms with Crippen LogP contribution in [-0.4, -0.2) is 67.6 Å². The summed E-state index contributed by atoms with van der Waals surface area (Å²) in [7, 11) is -0.0155. The number of hydrogen-bond acceptors (Lipinski definition) is 6. The van der Waals surface area contributed by atoms with E-state index in [2.05, 4.69) is 0 Å². The maximum atomic E-state index is 12.0. The molecule has 124 valence electrons. The van der Waals surface area contributed by atoms with Crippen molar-refractivity contribution in [1.82, 2.24) is 13.7 Å². The largest absolute Gasteiger partial charge is 0.348 e. The van der Waals surface area contributed by atoms with Gasteiger partial charge in [-0.3, -0.25) is 9.59 Å². The SMILES string of the molecule is CN(C)S(=O)(=O)N(C)CC(=O)ON1C(=O)c2ccccc2C1=O. The highest BCUT2D eigenvalue weighted by Crippen LogP contribution is 2.22. The first kappa shape index (κ1) is 17.1. The zero-order valence-electron chi connectivity index (χ0n) is 12.7. The second kappa shape index (κ2) is 6.07. The van der Waals surface area contributed by atoms with E-state index < -0.39 is 34.5 Å². The quantitative estimate of drug-likeness (QED) is 0.668. The minimum Gasteiger partial charge on any atom is -0.328 e. The van der Waals surface area contributed by atoms with Crippen molar-refractivity contribution >= 4 is 28.0 Å². The first-order chi connectivity index (χ1) is 10.7. The summed E-state index contributed by atoms with van der Waals surface area (Å²) in [4.78, 5) is 40.6. The summed E-state index contributed by atoms with van der Waals surface area (Å²) in [5, 5.41) is 0.336. The molecule has 0 unspecified atom stereocenters. The normalized spacial score (nSPS) is 14.6. The lowest BCUT2D eigenvalue weighted by Gasteiger charge is -2.21. The Bertz CT molecular complexity index is 739. The highest BCUT2D eigenvalue weighted by atomic mass is 32.2. The lowest BCUT2D eigenvalue weighted by Crippen LogP contribution is -2.42. The van der Waals surface area contributed by atoms with Gasteiger partial charge in [0.2, 0.25) is 0 Å². The Hall–Kier alpha value is -2.30. The van der Waals surface area contributed by atoms with Crippen molar-refractivity contribution < 1.29 is 27.6 Å². The van der Waals surface area contributed by atoms with Crippen molar-refractivity contribution in [2.75, 3.05) is 27.7 Å². The van der Waals surface area contributed by atoms with Crippen LogP contribution >= 0.6 is 0 Å². The number of carbonyl (C=O) groups excluding carboxylic acids is 3. The number of hydroxylamine groups is 2. The molecule has 0 bridgehead atoms. The van der Waals surface area contributed by atoms with E-state index in [1.54, 1.807) is 12.1 Å². The van der Waals surface area contributed by atoms with Crippen molar-refractivity contribution in [2.45, 2.75) is 0 Å². The Morgan fingerprint density at radius 3 is 2.00 bits per heavy atom. The van der Waals surface area contributed by atoms with Crippen LogP contribution < -0.4 is 0 Å². The number of fused-ring (bicyclic) bond motifs is 1. The van der Waals surface area contributed by atoms with Crippen LogP contribution in [0.2, 0.25) is 0 Å². The number of benzene rings is 1. The molecule has 0 spiro atoms. The molecule has 0 atom stereocenters. The highest BCUT2D eigenvalue weighted by Gasteiger charge is 2.39. The van der Waals surface area contributed by atoms with Crippen molar-refractivity contribution in [3.05, 3.63) is 35.4 Å². The van der Waals surface area contributed by atoms with Gasteiger partial charge in [-0.15, -0.1) is 0 Å². The third-order valence-corrected chi connectivity index (χ3v) is 5.00. The first-order valence-electron chi connectivity index (χ1n) is 6.48. The fourth-order valence-electron chi connectivity index (χ4n) is 1.92. The van der Waals surface area contributed by atoms with Crippen molar-refractivity contribution in [1.29, 1.82) is 0 Å². The summed E-state index contributed by atoms with van der Waals surface area (Å²) in [5.41, 5.74) is 0.249. The van der Waals surface area contributed by atoms with E-state index in [0.29, 0.717) is 5.06 Å². The van der Waals surface area contributed by atoms with Crippen LogP contribution in [0.25, 0.3) is 0 Å². The van der Waals surface area contributed by atoms with Gasteiger partial charge in [-0.1, -0.05) is 17.2 Å². The maximum absolute atomic E-state index is 12.0. The van der Waals surface area contributed by atoms with Crippen LogP contribution in [0.3, 0.4) is 0 Å². The predicted octanol–water partition coefficient (Wildman–Crippen LogP) is -0.521. The van der Waals surface area contributed by atoms with Gasteiger partial charge in [0.1, 0.15) is 6.54 Å². The molecule has 0 aliphatic carbocycles. The summed E-state index contributed by atoms with van der Waals surface area (Å²) < 4.78 is 25.3. The number of nitrogens with zero attached hydrogens (tertiary/aromatic N) is 3. The molecule has 0 aromatic heterocycles. The maximum Gasteiger partial charge on any atom is 0.348 e. The molecule has 1 aliphatic heterocycles. The molecule has 0 N–H and O–H groups in total. The molecular formula is C13H15N3O6S. The Balaban J connectivity index is 2.08. The molecule has 1 aromatic rings. The van der Waals surface area contributed by atoms with E-state index in [1.807, 2.05) is 0 Å². The van der Waals surface area contributed by atoms with Crippen molar-refractivity contribution in [3.8, 4) is 0 Å². The number of carbonyl (C=O) groups is 3. The average molecular weight is 341 g/mol. The summed E-state index contributed by atoms with van der Waals surface area (Å²) in [6, 6.07) is 6.03. The van der Waals surface area contributed by atoms with Gasteiger partial charge >= 0.3 is 5.97 Å². The van der Waals surface area contributed by atoms with Crippen LogP contribution in [0, 0.1) is 0 Å². The fourth-order valence-corrected chi connectivity index (χ4v) is 2.75. The van der Waals surface area contributed by atoms with Gasteiger partial charge in [0.15, 0.2) is 0 Å². The van der Waals surface area contributed by atoms with Gasteiger partial charge in [0.25, 0.3) is 22.0 Å². The number of imide groups is 1. The minimum absolute atomic E-state index is 0.125. The molecule has 1 aliphatic rings. The molecule has 10 heteroatoms. The summed E-state index contributed by atoms with van der Waals surface area (Å²) >= 11 is 0. The van der Waals surface area contributed by atoms with Crippen LogP contribution in [0.1, 0.15) is 20.7 Å². The van der Waals surface area contributed by atoms with Crippen molar-refractivity contribution in [3.63, 3.8) is 0 Å². The van der Waals surface area contributed by atoms with Gasteiger partial charge < -0.3 is 4.84 Å². The van der Waals surface area contributed by atoms with Gasteiger partial charge in [0.05, 0.1) is 11.1 Å². The number of hydrogen-bond donors (Lipinski definition) is 0. The fraction of sp³-hybridized carbons (Fsp3) is 0.308. The van der Waals surface area contributed by atoms with E-state index in [1.165, 1.54) is 33.3 Å². The number of likely N-dealkylation sites (N-methyl/N-ethyl adjacent to an activating group) is 1. The standard InChI is InChI=1S/C13H15N3O6S/c1-14(2)23(20,21)15(3)8-11(17)22-16-12(18)9-6-4-5-7-10(9)13(16)19/h4-7H,8H2,1-3H3. The third-order valence-electron chi connectivity index (χ3n) is 3.16. The topological polar surface area (TPSA) is 104 Å². The van der Waals surface area contributed by atoms with Crippen molar-refractivity contribution in [2.24, 2.45) is 0 Å². The van der Waals surface area contributed by atoms with Gasteiger partial charge in [-0.2, -0.15) is 17.0 Å². The lowest BCUT2D eigenvalue weighted by atomic mass is 10.1. The molecule has 1 aromatic carbocycles. The summed E-state index contributed by atoms with van der Waals surface area (Å²) in [5.74, 6) is -2.58. The Morgan fingerprint density at radius 1 is 1.09 bits per heavy atom. The summed E-state index contributed by atoms with van der Waals surface area (Å²) in [6.07, 6.45) is 0. The number of amides is 2. The smallest absolute Gasteiger partial charge is 0.328 e. The molecule has 0 radical (unpaired) electrons. The van der Waals surface area contributed by atoms with Crippen LogP contribution in [0.5, 0.6) is 0 Å². The second-order valence-corrected chi connectivity index (χ2v) is 7.21. The minimum atomic E-state index is -3.81. The molecule has 2 amide bonds. The van der Waals surface area contributed by atoms with Crippen LogP contribution in [-0.2, 0) is 19.8 Å². The lowest BCUT2D eigenvalue weighted by molar-refractivity contribution is -0.168. The van der Waals surface area contributed by atoms with E-state index >= 15 is 0 Å². The zero-order valence-corrected chi connectivity index (χ0v) is 13.5. The monoisotopic (exact) mass is 341 g/mol. The third kappa shape index (κ3) is 3.09. The van der Waals surface area contributed by atoms with E-state index in [-0.39, 0.29) is 11.1 Å². The molecular weight excluding hydrogens is 326 g/mol. The van der Waals surface area contributed by atoms with E-state index in [9.17, 15) is 22.8 Å². The Kier molecular flexibility index (Phi) is 4.50. The predicted molar refractivity (Wildman–Crippen MR) is 78.3 cm³/mol. The van der Waals surface area contributed by atoms with Gasteiger partial charge in [-0.05, 0) is 12.1 Å². The average Bonchev–Trinajstić information content (AvgIpc) is 2.72. The molecule has 23 heavy (non-hydrogen) atoms. The molecule has 9 nitrogen and oxygen atoms in total. The highest BCUT2D eigenvalue weighted by molar-refractivity contribution is 7.86. The molecule has 1 heterocycles. The van der Waals surface area contributed by atoms with Gasteiger partial charge in [0, 0.05) is 21.1 Å². The Labute approximate surface area is 133 Å². The molecule has 0 saturated carbocycles. The van der Waals surface area contributed by atoms with Crippen LogP contribution in [0.4, 0.5) is 0 Å². The van der Waals surface area contributed by atoms with E-state index in [0.717, 1.165) is 8.61 Å². The van der Waals surface area contributed by atoms with E-state index in [4.69, 9.17) is 4.84 Å². The second-order valence-electron chi connectivity index (χ2n) is 4.96. The Morgan fingerprint density at radius 2 is 1.57 bits per heavy atom. The summed E-state index contributed by atoms with van der Waals surface area (Å²) in [6.45, 7) is -0.645. The molecule has 0 fully saturated rings. The molecule has 2 rings (SSSR count). The van der Waals surface area contributed by atoms with Crippen LogP contribution in [0.15, 0.2) is 24.3 Å². The number of rotatable bonds is 5. The van der Waals surface area contributed by atoms with Gasteiger partial charge in [-0.25, -0.2) is 4.79 Å². The zero-order chi connectivity index (χ0) is 17.4.